The molecule has 2 atom stereocenters. The number of nitrogens with zero attached hydrogens (tertiary/aromatic N) is 1. The van der Waals surface area contributed by atoms with Crippen molar-refractivity contribution in [3.05, 3.63) is 0 Å². The van der Waals surface area contributed by atoms with Gasteiger partial charge in [-0.25, -0.2) is 0 Å². The Balaban J connectivity index is 1.69. The van der Waals surface area contributed by atoms with E-state index in [1.807, 2.05) is 0 Å². The van der Waals surface area contributed by atoms with Gasteiger partial charge in [0.15, 0.2) is 0 Å². The number of likely N-dealkylation sites (tertiary alicyclic amines) is 1. The highest BCUT2D eigenvalue weighted by atomic mass is 16.5. The fourth-order valence-electron chi connectivity index (χ4n) is 3.14. The number of rotatable bonds is 3. The van der Waals surface area contributed by atoms with Crippen molar-refractivity contribution >= 4 is 0 Å². The van der Waals surface area contributed by atoms with Crippen LogP contribution < -0.4 is 0 Å². The molecule has 1 saturated carbocycles. The maximum atomic E-state index is 6.27. The summed E-state index contributed by atoms with van der Waals surface area (Å²) in [6, 6.07) is 0. The van der Waals surface area contributed by atoms with Gasteiger partial charge in [-0.05, 0) is 38.1 Å². The van der Waals surface area contributed by atoms with Crippen LogP contribution in [0.5, 0.6) is 0 Å². The van der Waals surface area contributed by atoms with Gasteiger partial charge in [0, 0.05) is 13.1 Å². The minimum Gasteiger partial charge on any atom is -0.375 e. The average molecular weight is 225 g/mol. The predicted octanol–water partition coefficient (Wildman–Crippen LogP) is 3.07. The van der Waals surface area contributed by atoms with Crippen LogP contribution in [-0.4, -0.2) is 36.7 Å². The van der Waals surface area contributed by atoms with E-state index >= 15 is 0 Å². The smallest absolute Gasteiger partial charge is 0.0603 e. The van der Waals surface area contributed by atoms with Crippen LogP contribution in [0.3, 0.4) is 0 Å². The Kier molecular flexibility index (Phi) is 4.66. The van der Waals surface area contributed by atoms with E-state index in [4.69, 9.17) is 4.74 Å². The minimum atomic E-state index is 0.554. The highest BCUT2D eigenvalue weighted by Crippen LogP contribution is 2.28. The van der Waals surface area contributed by atoms with Crippen LogP contribution in [0.2, 0.25) is 0 Å². The molecule has 2 unspecified atom stereocenters. The van der Waals surface area contributed by atoms with E-state index in [9.17, 15) is 0 Å². The van der Waals surface area contributed by atoms with Crippen LogP contribution in [-0.2, 0) is 4.74 Å². The van der Waals surface area contributed by atoms with E-state index in [-0.39, 0.29) is 0 Å². The Hall–Kier alpha value is -0.0800. The summed E-state index contributed by atoms with van der Waals surface area (Å²) in [5.74, 6) is 0.884. The third kappa shape index (κ3) is 3.46. The van der Waals surface area contributed by atoms with E-state index in [2.05, 4.69) is 18.7 Å². The molecule has 0 aromatic carbocycles. The lowest BCUT2D eigenvalue weighted by Gasteiger charge is -2.35. The summed E-state index contributed by atoms with van der Waals surface area (Å²) in [6.45, 7) is 8.30. The summed E-state index contributed by atoms with van der Waals surface area (Å²) in [6.07, 6.45) is 9.01. The van der Waals surface area contributed by atoms with E-state index < -0.39 is 0 Å². The first-order chi connectivity index (χ1) is 7.78. The fourth-order valence-corrected chi connectivity index (χ4v) is 3.14. The Morgan fingerprint density at radius 1 is 1.06 bits per heavy atom. The quantitative estimate of drug-likeness (QED) is 0.732. The van der Waals surface area contributed by atoms with Crippen LogP contribution in [0.1, 0.15) is 52.4 Å². The third-order valence-corrected chi connectivity index (χ3v) is 4.26. The normalized spacial score (nSPS) is 34.1. The largest absolute Gasteiger partial charge is 0.375 e. The molecular weight excluding hydrogens is 198 g/mol. The molecule has 0 N–H and O–H groups in total. The third-order valence-electron chi connectivity index (χ3n) is 4.26. The van der Waals surface area contributed by atoms with Gasteiger partial charge in [-0.2, -0.15) is 0 Å². The molecule has 16 heavy (non-hydrogen) atoms. The second-order valence-electron chi connectivity index (χ2n) is 5.66. The van der Waals surface area contributed by atoms with Crippen LogP contribution >= 0.6 is 0 Å². The molecule has 94 valence electrons. The molecule has 0 radical (unpaired) electrons. The molecule has 1 saturated heterocycles. The summed E-state index contributed by atoms with van der Waals surface area (Å²) >= 11 is 0. The lowest BCUT2D eigenvalue weighted by Crippen LogP contribution is -2.39. The van der Waals surface area contributed by atoms with Crippen LogP contribution in [0, 0.1) is 5.92 Å². The minimum absolute atomic E-state index is 0.554. The monoisotopic (exact) mass is 225 g/mol. The zero-order chi connectivity index (χ0) is 11.4. The van der Waals surface area contributed by atoms with Crippen LogP contribution in [0.25, 0.3) is 0 Å². The number of piperidine rings is 1. The lowest BCUT2D eigenvalue weighted by atomic mass is 9.88. The van der Waals surface area contributed by atoms with Crippen molar-refractivity contribution in [1.29, 1.82) is 0 Å². The van der Waals surface area contributed by atoms with Gasteiger partial charge in [-0.15, -0.1) is 0 Å². The van der Waals surface area contributed by atoms with Gasteiger partial charge in [0.25, 0.3) is 0 Å². The van der Waals surface area contributed by atoms with Crippen molar-refractivity contribution in [1.82, 2.24) is 4.90 Å². The number of ether oxygens (including phenoxy) is 1. The Labute approximate surface area is 100 Å². The molecule has 2 rings (SSSR count). The van der Waals surface area contributed by atoms with Crippen molar-refractivity contribution in [2.24, 2.45) is 5.92 Å². The van der Waals surface area contributed by atoms with Gasteiger partial charge in [0.05, 0.1) is 12.2 Å². The Morgan fingerprint density at radius 3 is 2.44 bits per heavy atom. The average Bonchev–Trinajstić information content (AvgIpc) is 2.30. The molecule has 1 aliphatic carbocycles. The Bertz CT molecular complexity index is 199. The lowest BCUT2D eigenvalue weighted by molar-refractivity contribution is -0.0621. The van der Waals surface area contributed by atoms with Gasteiger partial charge in [0.1, 0.15) is 0 Å². The van der Waals surface area contributed by atoms with E-state index in [1.165, 1.54) is 58.2 Å². The topological polar surface area (TPSA) is 12.5 Å². The highest BCUT2D eigenvalue weighted by Gasteiger charge is 2.25. The van der Waals surface area contributed by atoms with Crippen LogP contribution in [0.15, 0.2) is 0 Å². The molecule has 2 heteroatoms. The van der Waals surface area contributed by atoms with E-state index in [0.717, 1.165) is 5.92 Å². The van der Waals surface area contributed by atoms with E-state index in [0.29, 0.717) is 12.2 Å². The highest BCUT2D eigenvalue weighted by molar-refractivity contribution is 4.76. The Morgan fingerprint density at radius 2 is 1.81 bits per heavy atom. The van der Waals surface area contributed by atoms with Crippen LogP contribution in [0.4, 0.5) is 0 Å². The molecule has 0 bridgehead atoms. The molecule has 2 nitrogen and oxygen atoms in total. The SMILES string of the molecule is CCN1CCC(OC2CCCC(C)C2)CC1. The van der Waals surface area contributed by atoms with Gasteiger partial charge in [-0.1, -0.05) is 26.7 Å². The molecule has 2 aliphatic rings. The summed E-state index contributed by atoms with van der Waals surface area (Å²) in [5.41, 5.74) is 0. The van der Waals surface area contributed by atoms with E-state index in [1.54, 1.807) is 0 Å². The molecular formula is C14H27NO. The van der Waals surface area contributed by atoms with Crippen molar-refractivity contribution < 1.29 is 4.74 Å². The predicted molar refractivity (Wildman–Crippen MR) is 67.6 cm³/mol. The summed E-state index contributed by atoms with van der Waals surface area (Å²) in [4.78, 5) is 2.53. The first-order valence-electron chi connectivity index (χ1n) is 7.15. The van der Waals surface area contributed by atoms with Crippen molar-refractivity contribution in [2.45, 2.75) is 64.6 Å². The molecule has 1 heterocycles. The molecule has 0 spiro atoms. The maximum Gasteiger partial charge on any atom is 0.0603 e. The number of hydrogen-bond acceptors (Lipinski definition) is 2. The second-order valence-corrected chi connectivity index (χ2v) is 5.66. The summed E-state index contributed by atoms with van der Waals surface area (Å²) in [5, 5.41) is 0. The molecule has 0 aromatic rings. The first-order valence-corrected chi connectivity index (χ1v) is 7.15. The second kappa shape index (κ2) is 6.02. The molecule has 2 fully saturated rings. The zero-order valence-electron chi connectivity index (χ0n) is 11.0. The van der Waals surface area contributed by atoms with Gasteiger partial charge in [0.2, 0.25) is 0 Å². The van der Waals surface area contributed by atoms with Crippen molar-refractivity contribution in [2.75, 3.05) is 19.6 Å². The maximum absolute atomic E-state index is 6.27. The van der Waals surface area contributed by atoms with Gasteiger partial charge in [-0.3, -0.25) is 0 Å². The standard InChI is InChI=1S/C14H27NO/c1-3-15-9-7-13(8-10-15)16-14-6-4-5-12(2)11-14/h12-14H,3-11H2,1-2H3. The summed E-state index contributed by atoms with van der Waals surface area (Å²) < 4.78 is 6.27. The first kappa shape index (κ1) is 12.4. The van der Waals surface area contributed by atoms with Crippen molar-refractivity contribution in [3.63, 3.8) is 0 Å². The number of hydrogen-bond donors (Lipinski definition) is 0. The fraction of sp³-hybridized carbons (Fsp3) is 1.00. The zero-order valence-corrected chi connectivity index (χ0v) is 11.0. The van der Waals surface area contributed by atoms with Gasteiger partial charge < -0.3 is 9.64 Å². The molecule has 0 aromatic heterocycles. The molecule has 0 amide bonds. The van der Waals surface area contributed by atoms with Crippen molar-refractivity contribution in [3.8, 4) is 0 Å². The summed E-state index contributed by atoms with van der Waals surface area (Å²) in [7, 11) is 0. The molecule has 1 aliphatic heterocycles. The van der Waals surface area contributed by atoms with Gasteiger partial charge >= 0.3 is 0 Å².